The van der Waals surface area contributed by atoms with Gasteiger partial charge >= 0.3 is 0 Å². The van der Waals surface area contributed by atoms with Crippen LogP contribution in [0.25, 0.3) is 0 Å². The molecule has 1 atom stereocenters. The third-order valence-electron chi connectivity index (χ3n) is 2.50. The third-order valence-corrected chi connectivity index (χ3v) is 3.10. The van der Waals surface area contributed by atoms with Gasteiger partial charge < -0.3 is 0 Å². The highest BCUT2D eigenvalue weighted by Gasteiger charge is 2.06. The van der Waals surface area contributed by atoms with Gasteiger partial charge in [0, 0.05) is 5.75 Å². The van der Waals surface area contributed by atoms with E-state index in [0.717, 1.165) is 5.75 Å². The molecular weight excluding hydrogens is 176 g/mol. The van der Waals surface area contributed by atoms with Gasteiger partial charge in [0.2, 0.25) is 0 Å². The second-order valence-corrected chi connectivity index (χ2v) is 4.31. The Bertz CT molecular complexity index is 255. The Morgan fingerprint density at radius 1 is 1.31 bits per heavy atom. The van der Waals surface area contributed by atoms with Crippen molar-refractivity contribution in [3.8, 4) is 0 Å². The van der Waals surface area contributed by atoms with Crippen molar-refractivity contribution in [2.45, 2.75) is 31.9 Å². The topological polar surface area (TPSA) is 0 Å². The lowest BCUT2D eigenvalue weighted by atomic mass is 9.94. The van der Waals surface area contributed by atoms with Gasteiger partial charge in [0.1, 0.15) is 0 Å². The van der Waals surface area contributed by atoms with Crippen LogP contribution in [0.4, 0.5) is 0 Å². The molecule has 1 aromatic carbocycles. The predicted octanol–water partition coefficient (Wildman–Crippen LogP) is 4.06. The van der Waals surface area contributed by atoms with E-state index in [1.54, 1.807) is 0 Å². The lowest BCUT2D eigenvalue weighted by Crippen LogP contribution is -1.96. The van der Waals surface area contributed by atoms with Crippen molar-refractivity contribution in [1.82, 2.24) is 0 Å². The summed E-state index contributed by atoms with van der Waals surface area (Å²) < 4.78 is 0. The first-order valence-electron chi connectivity index (χ1n) is 4.86. The summed E-state index contributed by atoms with van der Waals surface area (Å²) in [6.07, 6.45) is 3.39. The second kappa shape index (κ2) is 5.33. The number of hydrogen-bond donors (Lipinski definition) is 0. The lowest BCUT2D eigenvalue weighted by Gasteiger charge is -2.13. The second-order valence-electron chi connectivity index (χ2n) is 3.44. The molecule has 0 nitrogen and oxygen atoms in total. The van der Waals surface area contributed by atoms with Crippen LogP contribution in [0.15, 0.2) is 24.3 Å². The standard InChI is InChI=1S/C12H18S/c1-4-10(2)12-8-6-5-7-11(12)9-13-3/h5-8,10H,4,9H2,1-3H3. The van der Waals surface area contributed by atoms with Crippen LogP contribution >= 0.6 is 11.8 Å². The molecule has 1 aromatic rings. The largest absolute Gasteiger partial charge is 0.161 e. The summed E-state index contributed by atoms with van der Waals surface area (Å²) in [5.41, 5.74) is 3.03. The average Bonchev–Trinajstić information content (AvgIpc) is 2.18. The molecule has 1 unspecified atom stereocenters. The Morgan fingerprint density at radius 2 is 2.00 bits per heavy atom. The van der Waals surface area contributed by atoms with Crippen molar-refractivity contribution in [1.29, 1.82) is 0 Å². The van der Waals surface area contributed by atoms with Gasteiger partial charge in [0.25, 0.3) is 0 Å². The molecule has 13 heavy (non-hydrogen) atoms. The maximum absolute atomic E-state index is 2.30. The first kappa shape index (κ1) is 10.6. The molecule has 0 fully saturated rings. The molecular formula is C12H18S. The van der Waals surface area contributed by atoms with E-state index in [1.807, 2.05) is 11.8 Å². The van der Waals surface area contributed by atoms with E-state index in [9.17, 15) is 0 Å². The zero-order valence-corrected chi connectivity index (χ0v) is 9.53. The van der Waals surface area contributed by atoms with Crippen molar-refractivity contribution < 1.29 is 0 Å². The summed E-state index contributed by atoms with van der Waals surface area (Å²) in [6.45, 7) is 4.56. The Morgan fingerprint density at radius 3 is 2.62 bits per heavy atom. The van der Waals surface area contributed by atoms with Crippen LogP contribution in [-0.4, -0.2) is 6.26 Å². The van der Waals surface area contributed by atoms with Gasteiger partial charge in [-0.05, 0) is 29.7 Å². The molecule has 0 radical (unpaired) electrons. The summed E-state index contributed by atoms with van der Waals surface area (Å²) in [5.74, 6) is 1.84. The van der Waals surface area contributed by atoms with Gasteiger partial charge in [-0.15, -0.1) is 0 Å². The molecule has 0 aliphatic heterocycles. The van der Waals surface area contributed by atoms with Gasteiger partial charge in [0.05, 0.1) is 0 Å². The molecule has 0 aromatic heterocycles. The molecule has 1 heteroatoms. The van der Waals surface area contributed by atoms with E-state index in [-0.39, 0.29) is 0 Å². The van der Waals surface area contributed by atoms with Gasteiger partial charge in [-0.2, -0.15) is 11.8 Å². The summed E-state index contributed by atoms with van der Waals surface area (Å²) >= 11 is 1.90. The zero-order valence-electron chi connectivity index (χ0n) is 8.71. The molecule has 0 amide bonds. The van der Waals surface area contributed by atoms with Gasteiger partial charge in [-0.25, -0.2) is 0 Å². The lowest BCUT2D eigenvalue weighted by molar-refractivity contribution is 0.727. The SMILES string of the molecule is CCC(C)c1ccccc1CSC. The summed E-state index contributed by atoms with van der Waals surface area (Å²) in [4.78, 5) is 0. The Labute approximate surface area is 85.7 Å². The molecule has 0 N–H and O–H groups in total. The molecule has 1 rings (SSSR count). The quantitative estimate of drug-likeness (QED) is 0.696. The molecule has 0 spiro atoms. The molecule has 0 aliphatic rings. The smallest absolute Gasteiger partial charge is 0.0184 e. The van der Waals surface area contributed by atoms with Crippen molar-refractivity contribution in [2.24, 2.45) is 0 Å². The van der Waals surface area contributed by atoms with E-state index in [2.05, 4.69) is 44.4 Å². The maximum atomic E-state index is 2.30. The molecule has 72 valence electrons. The van der Waals surface area contributed by atoms with Crippen molar-refractivity contribution in [3.05, 3.63) is 35.4 Å². The fourth-order valence-electron chi connectivity index (χ4n) is 1.52. The van der Waals surface area contributed by atoms with Gasteiger partial charge in [-0.3, -0.25) is 0 Å². The van der Waals surface area contributed by atoms with Crippen LogP contribution < -0.4 is 0 Å². The van der Waals surface area contributed by atoms with E-state index in [4.69, 9.17) is 0 Å². The van der Waals surface area contributed by atoms with Crippen LogP contribution in [0.2, 0.25) is 0 Å². The van der Waals surface area contributed by atoms with E-state index >= 15 is 0 Å². The number of hydrogen-bond acceptors (Lipinski definition) is 1. The maximum Gasteiger partial charge on any atom is 0.0184 e. The van der Waals surface area contributed by atoms with Crippen LogP contribution in [0, 0.1) is 0 Å². The summed E-state index contributed by atoms with van der Waals surface area (Å²) in [7, 11) is 0. The van der Waals surface area contributed by atoms with E-state index < -0.39 is 0 Å². The Kier molecular flexibility index (Phi) is 4.37. The van der Waals surface area contributed by atoms with E-state index in [0.29, 0.717) is 5.92 Å². The zero-order chi connectivity index (χ0) is 9.68. The minimum atomic E-state index is 0.698. The Balaban J connectivity index is 2.90. The minimum Gasteiger partial charge on any atom is -0.161 e. The highest BCUT2D eigenvalue weighted by molar-refractivity contribution is 7.97. The summed E-state index contributed by atoms with van der Waals surface area (Å²) in [5, 5.41) is 0. The number of benzene rings is 1. The van der Waals surface area contributed by atoms with Crippen LogP contribution in [0.5, 0.6) is 0 Å². The van der Waals surface area contributed by atoms with E-state index in [1.165, 1.54) is 17.5 Å². The minimum absolute atomic E-state index is 0.698. The number of thioether (sulfide) groups is 1. The molecule has 0 aliphatic carbocycles. The van der Waals surface area contributed by atoms with Crippen LogP contribution in [0.1, 0.15) is 37.3 Å². The van der Waals surface area contributed by atoms with Crippen molar-refractivity contribution in [3.63, 3.8) is 0 Å². The molecule has 0 saturated heterocycles. The van der Waals surface area contributed by atoms with Crippen molar-refractivity contribution in [2.75, 3.05) is 6.26 Å². The van der Waals surface area contributed by atoms with Crippen LogP contribution in [-0.2, 0) is 5.75 Å². The first-order chi connectivity index (χ1) is 6.29. The van der Waals surface area contributed by atoms with Gasteiger partial charge in [0.15, 0.2) is 0 Å². The monoisotopic (exact) mass is 194 g/mol. The third kappa shape index (κ3) is 2.77. The molecule has 0 saturated carbocycles. The fraction of sp³-hybridized carbons (Fsp3) is 0.500. The summed E-state index contributed by atoms with van der Waals surface area (Å²) in [6, 6.07) is 8.79. The predicted molar refractivity (Wildman–Crippen MR) is 62.4 cm³/mol. The highest BCUT2D eigenvalue weighted by atomic mass is 32.2. The molecule has 0 heterocycles. The fourth-order valence-corrected chi connectivity index (χ4v) is 2.10. The number of rotatable bonds is 4. The normalized spacial score (nSPS) is 12.8. The van der Waals surface area contributed by atoms with Crippen LogP contribution in [0.3, 0.4) is 0 Å². The Hall–Kier alpha value is -0.430. The van der Waals surface area contributed by atoms with Gasteiger partial charge in [-0.1, -0.05) is 38.1 Å². The average molecular weight is 194 g/mol. The first-order valence-corrected chi connectivity index (χ1v) is 6.25. The molecule has 0 bridgehead atoms. The van der Waals surface area contributed by atoms with Crippen molar-refractivity contribution >= 4 is 11.8 Å². The highest BCUT2D eigenvalue weighted by Crippen LogP contribution is 2.24.